The third kappa shape index (κ3) is 6.07. The first kappa shape index (κ1) is 21.8. The van der Waals surface area contributed by atoms with E-state index in [0.717, 1.165) is 19.6 Å². The summed E-state index contributed by atoms with van der Waals surface area (Å²) >= 11 is 0. The van der Waals surface area contributed by atoms with Crippen LogP contribution in [0.1, 0.15) is 49.0 Å². The molecule has 0 aliphatic carbocycles. The van der Waals surface area contributed by atoms with Crippen molar-refractivity contribution in [2.24, 2.45) is 0 Å². The first-order valence-electron chi connectivity index (χ1n) is 10.6. The van der Waals surface area contributed by atoms with Crippen molar-refractivity contribution in [2.75, 3.05) is 25.0 Å². The normalized spacial score (nSPS) is 15.3. The van der Waals surface area contributed by atoms with Gasteiger partial charge >= 0.3 is 5.97 Å². The molecule has 0 bridgehead atoms. The van der Waals surface area contributed by atoms with Gasteiger partial charge in [-0.25, -0.2) is 4.79 Å². The lowest BCUT2D eigenvalue weighted by Gasteiger charge is -2.26. The number of amides is 1. The highest BCUT2D eigenvalue weighted by Gasteiger charge is 2.20. The third-order valence-corrected chi connectivity index (χ3v) is 5.14. The summed E-state index contributed by atoms with van der Waals surface area (Å²) in [6, 6.07) is 14.6. The van der Waals surface area contributed by atoms with Gasteiger partial charge in [-0.3, -0.25) is 9.69 Å². The molecule has 1 aliphatic rings. The molecule has 1 saturated heterocycles. The van der Waals surface area contributed by atoms with E-state index >= 15 is 0 Å². The number of nitrogens with zero attached hydrogens (tertiary/aromatic N) is 1. The minimum atomic E-state index is -0.930. The molecule has 2 aromatic carbocycles. The lowest BCUT2D eigenvalue weighted by Crippen LogP contribution is -2.30. The molecule has 3 rings (SSSR count). The van der Waals surface area contributed by atoms with E-state index in [1.54, 1.807) is 37.3 Å². The molecular formula is C24H30N2O4. The smallest absolute Gasteiger partial charge is 0.338 e. The van der Waals surface area contributed by atoms with Crippen LogP contribution in [0.4, 0.5) is 5.69 Å². The second-order valence-corrected chi connectivity index (χ2v) is 7.50. The van der Waals surface area contributed by atoms with Gasteiger partial charge in [0.05, 0.1) is 17.9 Å². The molecule has 6 heteroatoms. The molecule has 1 unspecified atom stereocenters. The van der Waals surface area contributed by atoms with Crippen molar-refractivity contribution >= 4 is 17.6 Å². The van der Waals surface area contributed by atoms with Crippen LogP contribution in [0.15, 0.2) is 48.5 Å². The van der Waals surface area contributed by atoms with Crippen molar-refractivity contribution in [3.05, 3.63) is 59.7 Å². The van der Waals surface area contributed by atoms with Crippen molar-refractivity contribution in [1.29, 1.82) is 0 Å². The van der Waals surface area contributed by atoms with E-state index in [4.69, 9.17) is 9.47 Å². The standard InChI is InChI=1S/C24H30N2O4/c1-3-29-22-10-6-5-9-21(22)25-23(27)18(2)30-24(28)20-13-11-19(12-14-20)17-26-15-7-4-8-16-26/h5-6,9-14,18H,3-4,7-8,15-17H2,1-2H3,(H,25,27). The van der Waals surface area contributed by atoms with Gasteiger partial charge in [0, 0.05) is 6.54 Å². The fourth-order valence-electron chi connectivity index (χ4n) is 3.49. The number of esters is 1. The Balaban J connectivity index is 1.54. The molecule has 160 valence electrons. The van der Waals surface area contributed by atoms with Crippen LogP contribution in [-0.2, 0) is 16.1 Å². The summed E-state index contributed by atoms with van der Waals surface area (Å²) < 4.78 is 10.9. The zero-order valence-electron chi connectivity index (χ0n) is 17.7. The molecule has 0 spiro atoms. The van der Waals surface area contributed by atoms with Crippen LogP contribution >= 0.6 is 0 Å². The number of carbonyl (C=O) groups is 2. The zero-order valence-corrected chi connectivity index (χ0v) is 17.7. The average Bonchev–Trinajstić information content (AvgIpc) is 2.76. The van der Waals surface area contributed by atoms with Gasteiger partial charge in [-0.05, 0) is 69.6 Å². The number of para-hydroxylation sites is 2. The Bertz CT molecular complexity index is 845. The first-order chi connectivity index (χ1) is 14.6. The number of nitrogens with one attached hydrogen (secondary N) is 1. The van der Waals surface area contributed by atoms with Crippen molar-refractivity contribution in [3.8, 4) is 5.75 Å². The molecule has 1 heterocycles. The molecule has 1 atom stereocenters. The van der Waals surface area contributed by atoms with Crippen LogP contribution in [0.5, 0.6) is 5.75 Å². The lowest BCUT2D eigenvalue weighted by atomic mass is 10.1. The van der Waals surface area contributed by atoms with Crippen LogP contribution in [0, 0.1) is 0 Å². The summed E-state index contributed by atoms with van der Waals surface area (Å²) in [6.07, 6.45) is 2.88. The molecule has 2 aromatic rings. The molecule has 1 amide bonds. The van der Waals surface area contributed by atoms with E-state index in [-0.39, 0.29) is 0 Å². The van der Waals surface area contributed by atoms with Crippen LogP contribution in [-0.4, -0.2) is 42.6 Å². The molecule has 1 N–H and O–H groups in total. The van der Waals surface area contributed by atoms with Crippen LogP contribution in [0.3, 0.4) is 0 Å². The molecule has 30 heavy (non-hydrogen) atoms. The van der Waals surface area contributed by atoms with Crippen molar-refractivity contribution in [2.45, 2.75) is 45.8 Å². The number of likely N-dealkylation sites (tertiary alicyclic amines) is 1. The third-order valence-electron chi connectivity index (χ3n) is 5.14. The van der Waals surface area contributed by atoms with Gasteiger partial charge in [0.1, 0.15) is 5.75 Å². The zero-order chi connectivity index (χ0) is 21.3. The Morgan fingerprint density at radius 1 is 1.03 bits per heavy atom. The van der Waals surface area contributed by atoms with E-state index in [1.165, 1.54) is 24.8 Å². The Labute approximate surface area is 178 Å². The summed E-state index contributed by atoms with van der Waals surface area (Å²) in [5.74, 6) is -0.339. The average molecular weight is 411 g/mol. The van der Waals surface area contributed by atoms with E-state index in [1.807, 2.05) is 25.1 Å². The quantitative estimate of drug-likeness (QED) is 0.659. The topological polar surface area (TPSA) is 67.9 Å². The van der Waals surface area contributed by atoms with Gasteiger partial charge in [0.25, 0.3) is 5.91 Å². The lowest BCUT2D eigenvalue weighted by molar-refractivity contribution is -0.123. The summed E-state index contributed by atoms with van der Waals surface area (Å²) in [7, 11) is 0. The number of hydrogen-bond acceptors (Lipinski definition) is 5. The number of ether oxygens (including phenoxy) is 2. The number of carbonyl (C=O) groups excluding carboxylic acids is 2. The number of hydrogen-bond donors (Lipinski definition) is 1. The van der Waals surface area contributed by atoms with Gasteiger partial charge < -0.3 is 14.8 Å². The van der Waals surface area contributed by atoms with Crippen LogP contribution in [0.25, 0.3) is 0 Å². The molecule has 0 radical (unpaired) electrons. The fraction of sp³-hybridized carbons (Fsp3) is 0.417. The van der Waals surface area contributed by atoms with Crippen molar-refractivity contribution in [3.63, 3.8) is 0 Å². The minimum absolute atomic E-state index is 0.405. The van der Waals surface area contributed by atoms with Crippen LogP contribution in [0.2, 0.25) is 0 Å². The molecule has 6 nitrogen and oxygen atoms in total. The fourth-order valence-corrected chi connectivity index (χ4v) is 3.49. The van der Waals surface area contributed by atoms with Gasteiger partial charge in [0.2, 0.25) is 0 Å². The van der Waals surface area contributed by atoms with Gasteiger partial charge in [-0.15, -0.1) is 0 Å². The van der Waals surface area contributed by atoms with E-state index in [0.29, 0.717) is 23.6 Å². The predicted molar refractivity (Wildman–Crippen MR) is 117 cm³/mol. The molecule has 1 fully saturated rings. The highest BCUT2D eigenvalue weighted by atomic mass is 16.5. The first-order valence-corrected chi connectivity index (χ1v) is 10.6. The van der Waals surface area contributed by atoms with Crippen LogP contribution < -0.4 is 10.1 Å². The Morgan fingerprint density at radius 2 is 1.73 bits per heavy atom. The molecule has 0 aromatic heterocycles. The number of rotatable bonds is 8. The van der Waals surface area contributed by atoms with Gasteiger partial charge in [-0.1, -0.05) is 30.7 Å². The summed E-state index contributed by atoms with van der Waals surface area (Å²) in [5.41, 5.74) is 2.16. The summed E-state index contributed by atoms with van der Waals surface area (Å²) in [6.45, 7) is 7.08. The second-order valence-electron chi connectivity index (χ2n) is 7.50. The van der Waals surface area contributed by atoms with E-state index in [9.17, 15) is 9.59 Å². The number of piperidine rings is 1. The van der Waals surface area contributed by atoms with Crippen molar-refractivity contribution < 1.29 is 19.1 Å². The molecule has 1 aliphatic heterocycles. The highest BCUT2D eigenvalue weighted by Crippen LogP contribution is 2.24. The Morgan fingerprint density at radius 3 is 2.43 bits per heavy atom. The molecule has 0 saturated carbocycles. The number of benzene rings is 2. The summed E-state index contributed by atoms with van der Waals surface area (Å²) in [5, 5.41) is 2.76. The van der Waals surface area contributed by atoms with E-state index in [2.05, 4.69) is 10.2 Å². The van der Waals surface area contributed by atoms with Gasteiger partial charge in [0.15, 0.2) is 6.10 Å². The SMILES string of the molecule is CCOc1ccccc1NC(=O)C(C)OC(=O)c1ccc(CN2CCCCC2)cc1. The minimum Gasteiger partial charge on any atom is -0.492 e. The monoisotopic (exact) mass is 410 g/mol. The maximum atomic E-state index is 12.5. The number of anilines is 1. The predicted octanol–water partition coefficient (Wildman–Crippen LogP) is 4.26. The van der Waals surface area contributed by atoms with Crippen molar-refractivity contribution in [1.82, 2.24) is 4.90 Å². The Hall–Kier alpha value is -2.86. The summed E-state index contributed by atoms with van der Waals surface area (Å²) in [4.78, 5) is 27.3. The molecular weight excluding hydrogens is 380 g/mol. The second kappa shape index (κ2) is 10.8. The highest BCUT2D eigenvalue weighted by molar-refractivity contribution is 5.98. The van der Waals surface area contributed by atoms with Gasteiger partial charge in [-0.2, -0.15) is 0 Å². The largest absolute Gasteiger partial charge is 0.492 e. The Kier molecular flexibility index (Phi) is 7.85. The maximum absolute atomic E-state index is 12.5. The maximum Gasteiger partial charge on any atom is 0.338 e. The van der Waals surface area contributed by atoms with E-state index < -0.39 is 18.0 Å².